The third-order valence-electron chi connectivity index (χ3n) is 3.83. The Morgan fingerprint density at radius 3 is 2.68 bits per heavy atom. The Hall–Kier alpha value is -2.50. The van der Waals surface area contributed by atoms with Crippen molar-refractivity contribution in [3.63, 3.8) is 0 Å². The van der Waals surface area contributed by atoms with Gasteiger partial charge in [-0.15, -0.1) is 0 Å². The molecule has 0 bridgehead atoms. The van der Waals surface area contributed by atoms with Crippen LogP contribution in [0.2, 0.25) is 0 Å². The SMILES string of the molecule is Cc1nc(-c2ccc(F)cc2)cc(N2CCC(C(=O)O)C2)n1. The number of anilines is 1. The lowest BCUT2D eigenvalue weighted by atomic mass is 10.1. The number of aryl methyl sites for hydroxylation is 1. The van der Waals surface area contributed by atoms with Gasteiger partial charge in [-0.1, -0.05) is 0 Å². The van der Waals surface area contributed by atoms with Crippen molar-refractivity contribution in [2.24, 2.45) is 5.92 Å². The maximum Gasteiger partial charge on any atom is 0.308 e. The summed E-state index contributed by atoms with van der Waals surface area (Å²) in [6.45, 7) is 2.91. The summed E-state index contributed by atoms with van der Waals surface area (Å²) in [5.74, 6) is -0.0960. The van der Waals surface area contributed by atoms with Gasteiger partial charge in [-0.3, -0.25) is 4.79 Å². The largest absolute Gasteiger partial charge is 0.481 e. The first-order valence-corrected chi connectivity index (χ1v) is 7.12. The molecule has 1 saturated heterocycles. The van der Waals surface area contributed by atoms with Crippen LogP contribution in [0.3, 0.4) is 0 Å². The van der Waals surface area contributed by atoms with Crippen LogP contribution in [0.1, 0.15) is 12.2 Å². The molecule has 1 aliphatic heterocycles. The molecule has 0 spiro atoms. The van der Waals surface area contributed by atoms with E-state index >= 15 is 0 Å². The number of carbonyl (C=O) groups is 1. The van der Waals surface area contributed by atoms with Crippen molar-refractivity contribution in [1.29, 1.82) is 0 Å². The highest BCUT2D eigenvalue weighted by Gasteiger charge is 2.29. The quantitative estimate of drug-likeness (QED) is 0.943. The summed E-state index contributed by atoms with van der Waals surface area (Å²) in [7, 11) is 0. The summed E-state index contributed by atoms with van der Waals surface area (Å²) in [4.78, 5) is 21.8. The van der Waals surface area contributed by atoms with Crippen molar-refractivity contribution in [3.8, 4) is 11.3 Å². The number of nitrogens with zero attached hydrogens (tertiary/aromatic N) is 3. The average molecular weight is 301 g/mol. The number of rotatable bonds is 3. The van der Waals surface area contributed by atoms with Gasteiger partial charge in [0.05, 0.1) is 11.6 Å². The van der Waals surface area contributed by atoms with Crippen molar-refractivity contribution in [3.05, 3.63) is 42.0 Å². The Kier molecular flexibility index (Phi) is 3.75. The first-order valence-electron chi connectivity index (χ1n) is 7.12. The number of aromatic nitrogens is 2. The lowest BCUT2D eigenvalue weighted by Gasteiger charge is -2.18. The van der Waals surface area contributed by atoms with Crippen LogP contribution in [-0.2, 0) is 4.79 Å². The fourth-order valence-corrected chi connectivity index (χ4v) is 2.65. The molecular weight excluding hydrogens is 285 g/mol. The molecule has 1 aliphatic rings. The van der Waals surface area contributed by atoms with Crippen LogP contribution in [0.4, 0.5) is 10.2 Å². The van der Waals surface area contributed by atoms with Gasteiger partial charge in [-0.25, -0.2) is 14.4 Å². The third kappa shape index (κ3) is 2.90. The van der Waals surface area contributed by atoms with Gasteiger partial charge in [0.25, 0.3) is 0 Å². The van der Waals surface area contributed by atoms with Crippen LogP contribution in [0.25, 0.3) is 11.3 Å². The van der Waals surface area contributed by atoms with Crippen molar-refractivity contribution in [2.75, 3.05) is 18.0 Å². The number of hydrogen-bond donors (Lipinski definition) is 1. The van der Waals surface area contributed by atoms with E-state index in [0.717, 1.165) is 11.4 Å². The molecule has 1 fully saturated rings. The second kappa shape index (κ2) is 5.71. The van der Waals surface area contributed by atoms with Gasteiger partial charge in [-0.2, -0.15) is 0 Å². The fraction of sp³-hybridized carbons (Fsp3) is 0.312. The van der Waals surface area contributed by atoms with Crippen LogP contribution < -0.4 is 4.90 Å². The van der Waals surface area contributed by atoms with E-state index in [4.69, 9.17) is 5.11 Å². The summed E-state index contributed by atoms with van der Waals surface area (Å²) in [6.07, 6.45) is 0.615. The number of halogens is 1. The van der Waals surface area contributed by atoms with E-state index in [1.54, 1.807) is 19.1 Å². The Morgan fingerprint density at radius 2 is 2.05 bits per heavy atom. The Morgan fingerprint density at radius 1 is 1.32 bits per heavy atom. The monoisotopic (exact) mass is 301 g/mol. The molecule has 1 aromatic heterocycles. The highest BCUT2D eigenvalue weighted by molar-refractivity contribution is 5.72. The molecule has 0 amide bonds. The Labute approximate surface area is 127 Å². The zero-order valence-corrected chi connectivity index (χ0v) is 12.2. The zero-order chi connectivity index (χ0) is 15.7. The van der Waals surface area contributed by atoms with E-state index in [1.165, 1.54) is 12.1 Å². The second-order valence-electron chi connectivity index (χ2n) is 5.44. The summed E-state index contributed by atoms with van der Waals surface area (Å²) in [5.41, 5.74) is 1.52. The second-order valence-corrected chi connectivity index (χ2v) is 5.44. The minimum atomic E-state index is -0.771. The summed E-state index contributed by atoms with van der Waals surface area (Å²) in [6, 6.07) is 7.95. The van der Waals surface area contributed by atoms with E-state index < -0.39 is 5.97 Å². The zero-order valence-electron chi connectivity index (χ0n) is 12.2. The van der Waals surface area contributed by atoms with Gasteiger partial charge in [0.15, 0.2) is 0 Å². The van der Waals surface area contributed by atoms with Gasteiger partial charge in [-0.05, 0) is 37.6 Å². The molecule has 6 heteroatoms. The smallest absolute Gasteiger partial charge is 0.308 e. The molecule has 0 radical (unpaired) electrons. The molecule has 114 valence electrons. The molecule has 1 aromatic carbocycles. The standard InChI is InChI=1S/C16H16FN3O2/c1-10-18-14(11-2-4-13(17)5-3-11)8-15(19-10)20-7-6-12(9-20)16(21)22/h2-5,8,12H,6-7,9H2,1H3,(H,21,22). The van der Waals surface area contributed by atoms with Gasteiger partial charge in [0.1, 0.15) is 17.5 Å². The van der Waals surface area contributed by atoms with Crippen LogP contribution in [0, 0.1) is 18.7 Å². The third-order valence-corrected chi connectivity index (χ3v) is 3.83. The first-order chi connectivity index (χ1) is 10.5. The van der Waals surface area contributed by atoms with Crippen molar-refractivity contribution in [2.45, 2.75) is 13.3 Å². The van der Waals surface area contributed by atoms with Crippen molar-refractivity contribution in [1.82, 2.24) is 9.97 Å². The van der Waals surface area contributed by atoms with Gasteiger partial charge in [0, 0.05) is 24.7 Å². The number of benzene rings is 1. The Balaban J connectivity index is 1.90. The number of hydrogen-bond acceptors (Lipinski definition) is 4. The number of carboxylic acid groups (broad SMARTS) is 1. The van der Waals surface area contributed by atoms with Crippen LogP contribution in [0.15, 0.2) is 30.3 Å². The van der Waals surface area contributed by atoms with Crippen LogP contribution >= 0.6 is 0 Å². The maximum atomic E-state index is 13.0. The molecule has 2 aromatic rings. The molecule has 1 atom stereocenters. The maximum absolute atomic E-state index is 13.0. The molecule has 0 saturated carbocycles. The van der Waals surface area contributed by atoms with E-state index in [2.05, 4.69) is 9.97 Å². The molecule has 22 heavy (non-hydrogen) atoms. The predicted octanol–water partition coefficient (Wildman–Crippen LogP) is 2.50. The van der Waals surface area contributed by atoms with E-state index in [-0.39, 0.29) is 11.7 Å². The van der Waals surface area contributed by atoms with E-state index in [1.807, 2.05) is 11.0 Å². The highest BCUT2D eigenvalue weighted by Crippen LogP contribution is 2.26. The van der Waals surface area contributed by atoms with E-state index in [9.17, 15) is 9.18 Å². The Bertz CT molecular complexity index is 703. The topological polar surface area (TPSA) is 66.3 Å². The highest BCUT2D eigenvalue weighted by atomic mass is 19.1. The first kappa shape index (κ1) is 14.4. The molecule has 1 unspecified atom stereocenters. The van der Waals surface area contributed by atoms with Gasteiger partial charge < -0.3 is 10.0 Å². The minimum absolute atomic E-state index is 0.293. The van der Waals surface area contributed by atoms with Gasteiger partial charge in [0.2, 0.25) is 0 Å². The summed E-state index contributed by atoms with van der Waals surface area (Å²) < 4.78 is 13.0. The van der Waals surface area contributed by atoms with Crippen LogP contribution in [-0.4, -0.2) is 34.1 Å². The van der Waals surface area contributed by atoms with Crippen molar-refractivity contribution < 1.29 is 14.3 Å². The fourth-order valence-electron chi connectivity index (χ4n) is 2.65. The van der Waals surface area contributed by atoms with Gasteiger partial charge >= 0.3 is 5.97 Å². The summed E-state index contributed by atoms with van der Waals surface area (Å²) >= 11 is 0. The number of carboxylic acids is 1. The molecular formula is C16H16FN3O2. The lowest BCUT2D eigenvalue weighted by Crippen LogP contribution is -2.23. The summed E-state index contributed by atoms with van der Waals surface area (Å²) in [5, 5.41) is 9.10. The normalized spacial score (nSPS) is 17.7. The molecule has 2 heterocycles. The molecule has 5 nitrogen and oxygen atoms in total. The van der Waals surface area contributed by atoms with Crippen molar-refractivity contribution >= 4 is 11.8 Å². The van der Waals surface area contributed by atoms with E-state index in [0.29, 0.717) is 31.0 Å². The molecule has 0 aliphatic carbocycles. The minimum Gasteiger partial charge on any atom is -0.481 e. The average Bonchev–Trinajstić information content (AvgIpc) is 2.97. The lowest BCUT2D eigenvalue weighted by molar-refractivity contribution is -0.140. The van der Waals surface area contributed by atoms with Crippen LogP contribution in [0.5, 0.6) is 0 Å². The molecule has 3 rings (SSSR count). The predicted molar refractivity (Wildman–Crippen MR) is 80.1 cm³/mol. The molecule has 1 N–H and O–H groups in total. The number of aliphatic carboxylic acids is 1.